The summed E-state index contributed by atoms with van der Waals surface area (Å²) in [4.78, 5) is 17.5. The number of rotatable bonds is 4. The van der Waals surface area contributed by atoms with Crippen molar-refractivity contribution >= 4 is 22.4 Å². The first-order valence-corrected chi connectivity index (χ1v) is 7.19. The van der Waals surface area contributed by atoms with Crippen LogP contribution in [0.3, 0.4) is 0 Å². The van der Waals surface area contributed by atoms with Crippen molar-refractivity contribution in [2.24, 2.45) is 0 Å². The van der Waals surface area contributed by atoms with Crippen LogP contribution >= 0.6 is 11.3 Å². The highest BCUT2D eigenvalue weighted by atomic mass is 32.1. The van der Waals surface area contributed by atoms with Crippen LogP contribution in [0.1, 0.15) is 28.6 Å². The molecular weight excluding hydrogens is 270 g/mol. The number of hydrogen-bond acceptors (Lipinski definition) is 4. The first-order valence-electron chi connectivity index (χ1n) is 6.37. The molecule has 102 valence electrons. The summed E-state index contributed by atoms with van der Waals surface area (Å²) in [6.45, 7) is 4.05. The van der Waals surface area contributed by atoms with Crippen molar-refractivity contribution in [2.75, 3.05) is 5.32 Å². The van der Waals surface area contributed by atoms with Gasteiger partial charge >= 0.3 is 0 Å². The standard InChI is InChI=1S/C15H15N3OS/c1-3-13-10(2)20-15(17-13)18-14(19)8-11-4-6-12(9-16)7-5-11/h4-7H,3,8H2,1-2H3,(H,17,18,19). The molecule has 0 bridgehead atoms. The quantitative estimate of drug-likeness (QED) is 0.938. The molecule has 0 aliphatic rings. The fraction of sp³-hybridized carbons (Fsp3) is 0.267. The van der Waals surface area contributed by atoms with Gasteiger partial charge in [-0.25, -0.2) is 4.98 Å². The fourth-order valence-corrected chi connectivity index (χ4v) is 2.77. The molecule has 0 atom stereocenters. The zero-order chi connectivity index (χ0) is 14.5. The summed E-state index contributed by atoms with van der Waals surface area (Å²) in [6, 6.07) is 9.07. The Morgan fingerprint density at radius 1 is 1.40 bits per heavy atom. The van der Waals surface area contributed by atoms with E-state index in [1.807, 2.05) is 13.8 Å². The van der Waals surface area contributed by atoms with Gasteiger partial charge in [0.1, 0.15) is 0 Å². The Morgan fingerprint density at radius 3 is 2.65 bits per heavy atom. The van der Waals surface area contributed by atoms with E-state index in [1.165, 1.54) is 11.3 Å². The third-order valence-corrected chi connectivity index (χ3v) is 3.85. The Morgan fingerprint density at radius 2 is 2.10 bits per heavy atom. The van der Waals surface area contributed by atoms with Crippen LogP contribution < -0.4 is 5.32 Å². The average Bonchev–Trinajstić information content (AvgIpc) is 2.79. The zero-order valence-corrected chi connectivity index (χ0v) is 12.3. The molecular formula is C15H15N3OS. The first kappa shape index (κ1) is 14.2. The van der Waals surface area contributed by atoms with E-state index in [-0.39, 0.29) is 12.3 Å². The van der Waals surface area contributed by atoms with Crippen molar-refractivity contribution in [1.82, 2.24) is 4.98 Å². The van der Waals surface area contributed by atoms with Gasteiger partial charge in [-0.05, 0) is 31.0 Å². The van der Waals surface area contributed by atoms with Crippen LogP contribution in [0.2, 0.25) is 0 Å². The normalized spacial score (nSPS) is 10.1. The van der Waals surface area contributed by atoms with Gasteiger partial charge in [-0.1, -0.05) is 19.1 Å². The van der Waals surface area contributed by atoms with E-state index >= 15 is 0 Å². The maximum Gasteiger partial charge on any atom is 0.230 e. The molecule has 0 saturated carbocycles. The van der Waals surface area contributed by atoms with Crippen molar-refractivity contribution in [2.45, 2.75) is 26.7 Å². The molecule has 4 nitrogen and oxygen atoms in total. The molecule has 0 unspecified atom stereocenters. The molecule has 0 saturated heterocycles. The number of hydrogen-bond donors (Lipinski definition) is 1. The summed E-state index contributed by atoms with van der Waals surface area (Å²) in [7, 11) is 0. The largest absolute Gasteiger partial charge is 0.302 e. The number of carbonyl (C=O) groups is 1. The van der Waals surface area contributed by atoms with Crippen LogP contribution in [0.15, 0.2) is 24.3 Å². The van der Waals surface area contributed by atoms with E-state index in [0.29, 0.717) is 10.7 Å². The lowest BCUT2D eigenvalue weighted by Gasteiger charge is -2.02. The minimum atomic E-state index is -0.0916. The molecule has 0 spiro atoms. The number of aromatic nitrogens is 1. The van der Waals surface area contributed by atoms with Gasteiger partial charge in [0, 0.05) is 4.88 Å². The Kier molecular flexibility index (Phi) is 4.49. The number of carbonyl (C=O) groups excluding carboxylic acids is 1. The number of benzene rings is 1. The summed E-state index contributed by atoms with van der Waals surface area (Å²) in [5.74, 6) is -0.0916. The highest BCUT2D eigenvalue weighted by molar-refractivity contribution is 7.15. The minimum absolute atomic E-state index is 0.0916. The van der Waals surface area contributed by atoms with E-state index in [9.17, 15) is 4.79 Å². The fourth-order valence-electron chi connectivity index (χ4n) is 1.86. The summed E-state index contributed by atoms with van der Waals surface area (Å²) in [5.41, 5.74) is 2.51. The average molecular weight is 285 g/mol. The van der Waals surface area contributed by atoms with Crippen LogP contribution in [0.5, 0.6) is 0 Å². The van der Waals surface area contributed by atoms with Gasteiger partial charge in [-0.15, -0.1) is 11.3 Å². The summed E-state index contributed by atoms with van der Waals surface area (Å²) in [6.07, 6.45) is 1.15. The van der Waals surface area contributed by atoms with E-state index in [2.05, 4.69) is 16.4 Å². The second-order valence-electron chi connectivity index (χ2n) is 4.41. The monoisotopic (exact) mass is 285 g/mol. The van der Waals surface area contributed by atoms with Crippen molar-refractivity contribution in [3.05, 3.63) is 46.0 Å². The molecule has 1 amide bonds. The lowest BCUT2D eigenvalue weighted by molar-refractivity contribution is -0.115. The van der Waals surface area contributed by atoms with Crippen LogP contribution in [-0.2, 0) is 17.6 Å². The van der Waals surface area contributed by atoms with Crippen LogP contribution in [0, 0.1) is 18.3 Å². The number of anilines is 1. The van der Waals surface area contributed by atoms with E-state index in [0.717, 1.165) is 22.6 Å². The summed E-state index contributed by atoms with van der Waals surface area (Å²) < 4.78 is 0. The van der Waals surface area contributed by atoms with Gasteiger partial charge in [-0.2, -0.15) is 5.26 Å². The molecule has 0 aliphatic heterocycles. The van der Waals surface area contributed by atoms with Gasteiger partial charge < -0.3 is 5.32 Å². The van der Waals surface area contributed by atoms with Crippen LogP contribution in [-0.4, -0.2) is 10.9 Å². The third kappa shape index (κ3) is 3.43. The Balaban J connectivity index is 1.99. The summed E-state index contributed by atoms with van der Waals surface area (Å²) >= 11 is 1.50. The smallest absolute Gasteiger partial charge is 0.230 e. The predicted octanol–water partition coefficient (Wildman–Crippen LogP) is 3.07. The Hall–Kier alpha value is -2.19. The Bertz CT molecular complexity index is 653. The molecule has 2 rings (SSSR count). The molecule has 0 fully saturated rings. The number of nitriles is 1. The van der Waals surface area contributed by atoms with Crippen LogP contribution in [0.4, 0.5) is 5.13 Å². The first-order chi connectivity index (χ1) is 9.62. The lowest BCUT2D eigenvalue weighted by atomic mass is 10.1. The number of nitrogens with one attached hydrogen (secondary N) is 1. The third-order valence-electron chi connectivity index (χ3n) is 2.92. The van der Waals surface area contributed by atoms with Crippen molar-refractivity contribution in [3.63, 3.8) is 0 Å². The number of amides is 1. The van der Waals surface area contributed by atoms with Gasteiger partial charge in [-0.3, -0.25) is 4.79 Å². The van der Waals surface area contributed by atoms with Crippen molar-refractivity contribution < 1.29 is 4.79 Å². The zero-order valence-electron chi connectivity index (χ0n) is 11.4. The number of thiazole rings is 1. The van der Waals surface area contributed by atoms with Gasteiger partial charge in [0.15, 0.2) is 5.13 Å². The van der Waals surface area contributed by atoms with E-state index in [4.69, 9.17) is 5.26 Å². The van der Waals surface area contributed by atoms with Crippen molar-refractivity contribution in [3.8, 4) is 6.07 Å². The second kappa shape index (κ2) is 6.31. The molecule has 0 radical (unpaired) electrons. The van der Waals surface area contributed by atoms with E-state index in [1.54, 1.807) is 24.3 Å². The number of nitrogens with zero attached hydrogens (tertiary/aromatic N) is 2. The molecule has 0 aliphatic carbocycles. The predicted molar refractivity (Wildman–Crippen MR) is 79.7 cm³/mol. The molecule has 5 heteroatoms. The maximum atomic E-state index is 11.9. The SMILES string of the molecule is CCc1nc(NC(=O)Cc2ccc(C#N)cc2)sc1C. The van der Waals surface area contributed by atoms with Gasteiger partial charge in [0.25, 0.3) is 0 Å². The van der Waals surface area contributed by atoms with Gasteiger partial charge in [0.05, 0.1) is 23.7 Å². The highest BCUT2D eigenvalue weighted by Crippen LogP contribution is 2.22. The summed E-state index contributed by atoms with van der Waals surface area (Å²) in [5, 5.41) is 12.2. The molecule has 1 N–H and O–H groups in total. The van der Waals surface area contributed by atoms with Gasteiger partial charge in [0.2, 0.25) is 5.91 Å². The lowest BCUT2D eigenvalue weighted by Crippen LogP contribution is -2.14. The molecule has 1 aromatic carbocycles. The highest BCUT2D eigenvalue weighted by Gasteiger charge is 2.09. The number of aryl methyl sites for hydroxylation is 2. The maximum absolute atomic E-state index is 11.9. The second-order valence-corrected chi connectivity index (χ2v) is 5.61. The van der Waals surface area contributed by atoms with Crippen LogP contribution in [0.25, 0.3) is 0 Å². The Labute approximate surface area is 122 Å². The van der Waals surface area contributed by atoms with E-state index < -0.39 is 0 Å². The minimum Gasteiger partial charge on any atom is -0.302 e. The van der Waals surface area contributed by atoms with Crippen molar-refractivity contribution in [1.29, 1.82) is 5.26 Å². The topological polar surface area (TPSA) is 65.8 Å². The molecule has 20 heavy (non-hydrogen) atoms. The molecule has 1 aromatic heterocycles. The molecule has 2 aromatic rings. The molecule has 1 heterocycles.